The molecule has 1 N–H and O–H groups in total. The Bertz CT molecular complexity index is 830. The number of aromatic nitrogens is 1. The van der Waals surface area contributed by atoms with Gasteiger partial charge in [0.1, 0.15) is 0 Å². The van der Waals surface area contributed by atoms with Crippen LogP contribution < -0.4 is 5.32 Å². The second-order valence-electron chi connectivity index (χ2n) is 5.94. The minimum atomic E-state index is -0.0108. The Morgan fingerprint density at radius 2 is 1.96 bits per heavy atom. The fourth-order valence-corrected chi connectivity index (χ4v) is 3.55. The first-order valence-electron chi connectivity index (χ1n) is 8.50. The molecule has 0 saturated heterocycles. The van der Waals surface area contributed by atoms with Gasteiger partial charge in [-0.05, 0) is 37.0 Å². The summed E-state index contributed by atoms with van der Waals surface area (Å²) in [7, 11) is 0. The number of benzene rings is 2. The summed E-state index contributed by atoms with van der Waals surface area (Å²) in [6.07, 6.45) is 2.06. The molecule has 0 atom stereocenters. The highest BCUT2D eigenvalue weighted by Crippen LogP contribution is 2.27. The van der Waals surface area contributed by atoms with Crippen molar-refractivity contribution < 1.29 is 9.53 Å². The van der Waals surface area contributed by atoms with Crippen molar-refractivity contribution >= 4 is 32.6 Å². The number of nitrogens with zero attached hydrogens (tertiary/aromatic N) is 1. The van der Waals surface area contributed by atoms with Crippen LogP contribution in [0.3, 0.4) is 0 Å². The van der Waals surface area contributed by atoms with E-state index in [9.17, 15) is 4.79 Å². The average Bonchev–Trinajstić information content (AvgIpc) is 3.03. The molecule has 0 saturated carbocycles. The average molecular weight is 354 g/mol. The molecule has 0 aliphatic rings. The van der Waals surface area contributed by atoms with Gasteiger partial charge in [0.2, 0.25) is 5.91 Å². The molecule has 0 aliphatic heterocycles. The summed E-state index contributed by atoms with van der Waals surface area (Å²) in [6, 6.07) is 16.3. The molecule has 0 aliphatic carbocycles. The Kier molecular flexibility index (Phi) is 6.14. The lowest BCUT2D eigenvalue weighted by molar-refractivity contribution is -0.116. The van der Waals surface area contributed by atoms with Gasteiger partial charge in [0.25, 0.3) is 0 Å². The van der Waals surface area contributed by atoms with E-state index in [4.69, 9.17) is 4.74 Å². The third-order valence-electron chi connectivity index (χ3n) is 3.94. The lowest BCUT2D eigenvalue weighted by Crippen LogP contribution is -2.12. The maximum absolute atomic E-state index is 12.0. The van der Waals surface area contributed by atoms with E-state index in [2.05, 4.69) is 22.4 Å². The lowest BCUT2D eigenvalue weighted by atomic mass is 10.2. The van der Waals surface area contributed by atoms with E-state index in [0.29, 0.717) is 31.2 Å². The van der Waals surface area contributed by atoms with E-state index < -0.39 is 0 Å². The zero-order valence-corrected chi connectivity index (χ0v) is 15.1. The van der Waals surface area contributed by atoms with Gasteiger partial charge in [0.15, 0.2) is 5.13 Å². The van der Waals surface area contributed by atoms with Crippen LogP contribution in [0.25, 0.3) is 10.2 Å². The smallest absolute Gasteiger partial charge is 0.226 e. The van der Waals surface area contributed by atoms with Gasteiger partial charge < -0.3 is 10.1 Å². The molecule has 0 radical (unpaired) electrons. The number of ether oxygens (including phenoxy) is 1. The van der Waals surface area contributed by atoms with E-state index >= 15 is 0 Å². The number of carbonyl (C=O) groups excluding carboxylic acids is 1. The fraction of sp³-hybridized carbons (Fsp3) is 0.300. The number of hydrogen-bond acceptors (Lipinski definition) is 4. The minimum absolute atomic E-state index is 0.0108. The molecular formula is C20H22N2O2S. The largest absolute Gasteiger partial charge is 0.381 e. The highest BCUT2D eigenvalue weighted by atomic mass is 32.1. The van der Waals surface area contributed by atoms with Crippen molar-refractivity contribution in [2.45, 2.75) is 26.2 Å². The predicted octanol–water partition coefficient (Wildman–Crippen LogP) is 4.58. The van der Waals surface area contributed by atoms with E-state index in [1.807, 2.05) is 43.3 Å². The SMILES string of the molecule is Cc1cccc2sc(NC(=O)CCCOCCc3ccccc3)nc12. The summed E-state index contributed by atoms with van der Waals surface area (Å²) >= 11 is 1.51. The molecule has 2 aromatic carbocycles. The third-order valence-corrected chi connectivity index (χ3v) is 4.87. The van der Waals surface area contributed by atoms with Crippen LogP contribution >= 0.6 is 11.3 Å². The summed E-state index contributed by atoms with van der Waals surface area (Å²) < 4.78 is 6.71. The molecule has 0 bridgehead atoms. The lowest BCUT2D eigenvalue weighted by Gasteiger charge is -2.04. The number of para-hydroxylation sites is 1. The van der Waals surface area contributed by atoms with Gasteiger partial charge in [-0.2, -0.15) is 0 Å². The Labute approximate surface area is 151 Å². The highest BCUT2D eigenvalue weighted by Gasteiger charge is 2.08. The summed E-state index contributed by atoms with van der Waals surface area (Å²) in [6.45, 7) is 3.31. The van der Waals surface area contributed by atoms with Crippen LogP contribution in [0, 0.1) is 6.92 Å². The van der Waals surface area contributed by atoms with E-state index in [-0.39, 0.29) is 5.91 Å². The van der Waals surface area contributed by atoms with Gasteiger partial charge in [0, 0.05) is 13.0 Å². The van der Waals surface area contributed by atoms with Gasteiger partial charge in [-0.3, -0.25) is 4.79 Å². The van der Waals surface area contributed by atoms with Crippen LogP contribution in [0.4, 0.5) is 5.13 Å². The van der Waals surface area contributed by atoms with Crippen LogP contribution in [0.5, 0.6) is 0 Å². The topological polar surface area (TPSA) is 51.2 Å². The summed E-state index contributed by atoms with van der Waals surface area (Å²) in [5, 5.41) is 3.55. The second-order valence-corrected chi connectivity index (χ2v) is 6.97. The zero-order chi connectivity index (χ0) is 17.5. The Hall–Kier alpha value is -2.24. The van der Waals surface area contributed by atoms with Gasteiger partial charge in [-0.25, -0.2) is 4.98 Å². The molecule has 0 spiro atoms. The summed E-state index contributed by atoms with van der Waals surface area (Å²) in [5.74, 6) is -0.0108. The van der Waals surface area contributed by atoms with Crippen molar-refractivity contribution in [1.82, 2.24) is 4.98 Å². The van der Waals surface area contributed by atoms with Gasteiger partial charge >= 0.3 is 0 Å². The van der Waals surface area contributed by atoms with E-state index in [1.54, 1.807) is 0 Å². The molecule has 25 heavy (non-hydrogen) atoms. The number of thiazole rings is 1. The molecule has 3 aromatic rings. The molecule has 3 rings (SSSR count). The normalized spacial score (nSPS) is 10.9. The monoisotopic (exact) mass is 354 g/mol. The van der Waals surface area contributed by atoms with Crippen LogP contribution in [0.1, 0.15) is 24.0 Å². The number of carbonyl (C=O) groups is 1. The highest BCUT2D eigenvalue weighted by molar-refractivity contribution is 7.22. The van der Waals surface area contributed by atoms with Crippen LogP contribution in [-0.2, 0) is 16.0 Å². The number of fused-ring (bicyclic) bond motifs is 1. The zero-order valence-electron chi connectivity index (χ0n) is 14.3. The van der Waals surface area contributed by atoms with Crippen molar-refractivity contribution in [3.63, 3.8) is 0 Å². The van der Waals surface area contributed by atoms with Crippen LogP contribution in [0.2, 0.25) is 0 Å². The molecule has 130 valence electrons. The second kappa shape index (κ2) is 8.74. The van der Waals surface area contributed by atoms with Crippen molar-refractivity contribution in [2.75, 3.05) is 18.5 Å². The predicted molar refractivity (Wildman–Crippen MR) is 103 cm³/mol. The summed E-state index contributed by atoms with van der Waals surface area (Å²) in [4.78, 5) is 16.5. The number of aryl methyl sites for hydroxylation is 1. The number of nitrogens with one attached hydrogen (secondary N) is 1. The summed E-state index contributed by atoms with van der Waals surface area (Å²) in [5.41, 5.74) is 3.36. The Morgan fingerprint density at radius 1 is 1.12 bits per heavy atom. The molecule has 1 aromatic heterocycles. The van der Waals surface area contributed by atoms with Crippen molar-refractivity contribution in [2.24, 2.45) is 0 Å². The van der Waals surface area contributed by atoms with Crippen molar-refractivity contribution in [3.8, 4) is 0 Å². The van der Waals surface area contributed by atoms with Crippen molar-refractivity contribution in [3.05, 3.63) is 59.7 Å². The molecule has 4 nitrogen and oxygen atoms in total. The van der Waals surface area contributed by atoms with E-state index in [1.165, 1.54) is 16.9 Å². The van der Waals surface area contributed by atoms with Crippen LogP contribution in [0.15, 0.2) is 48.5 Å². The van der Waals surface area contributed by atoms with Gasteiger partial charge in [-0.1, -0.05) is 53.8 Å². The van der Waals surface area contributed by atoms with E-state index in [0.717, 1.165) is 22.2 Å². The maximum atomic E-state index is 12.0. The van der Waals surface area contributed by atoms with Crippen molar-refractivity contribution in [1.29, 1.82) is 0 Å². The van der Waals surface area contributed by atoms with Gasteiger partial charge in [-0.15, -0.1) is 0 Å². The number of rotatable bonds is 8. The third kappa shape index (κ3) is 5.11. The molecule has 5 heteroatoms. The first-order chi connectivity index (χ1) is 12.2. The molecule has 1 amide bonds. The number of hydrogen-bond donors (Lipinski definition) is 1. The first-order valence-corrected chi connectivity index (χ1v) is 9.32. The molecule has 1 heterocycles. The number of amides is 1. The maximum Gasteiger partial charge on any atom is 0.226 e. The Morgan fingerprint density at radius 3 is 2.76 bits per heavy atom. The standard InChI is InChI=1S/C20H22N2O2S/c1-15-7-5-10-17-19(15)22-20(25-17)21-18(23)11-6-13-24-14-12-16-8-3-2-4-9-16/h2-5,7-10H,6,11-14H2,1H3,(H,21,22,23). The Balaban J connectivity index is 1.35. The minimum Gasteiger partial charge on any atom is -0.381 e. The molecule has 0 fully saturated rings. The van der Waals surface area contributed by atoms with Gasteiger partial charge in [0.05, 0.1) is 16.8 Å². The molecule has 0 unspecified atom stereocenters. The molecular weight excluding hydrogens is 332 g/mol. The fourth-order valence-electron chi connectivity index (χ4n) is 2.59. The number of anilines is 1. The quantitative estimate of drug-likeness (QED) is 0.602. The first kappa shape index (κ1) is 17.6. The van der Waals surface area contributed by atoms with Crippen LogP contribution in [-0.4, -0.2) is 24.1 Å².